The van der Waals surface area contributed by atoms with Crippen molar-refractivity contribution in [2.24, 2.45) is 11.1 Å². The molecule has 1 saturated carbocycles. The van der Waals surface area contributed by atoms with E-state index in [0.717, 1.165) is 32.1 Å². The molecule has 1 aromatic rings. The zero-order valence-corrected chi connectivity index (χ0v) is 10.6. The Labute approximate surface area is 108 Å². The van der Waals surface area contributed by atoms with Crippen LogP contribution in [0.2, 0.25) is 0 Å². The molecule has 2 aliphatic rings. The number of amides is 1. The first-order valence-corrected chi connectivity index (χ1v) is 6.81. The monoisotopic (exact) mass is 244 g/mol. The van der Waals surface area contributed by atoms with Gasteiger partial charge in [-0.3, -0.25) is 4.79 Å². The van der Waals surface area contributed by atoms with Crippen LogP contribution in [0.15, 0.2) is 24.3 Å². The molecule has 1 atom stereocenters. The molecule has 18 heavy (non-hydrogen) atoms. The van der Waals surface area contributed by atoms with E-state index in [1.807, 2.05) is 0 Å². The molecular weight excluding hydrogens is 224 g/mol. The second kappa shape index (κ2) is 4.39. The van der Waals surface area contributed by atoms with Crippen molar-refractivity contribution in [1.82, 2.24) is 5.32 Å². The van der Waals surface area contributed by atoms with Gasteiger partial charge in [0.25, 0.3) is 0 Å². The van der Waals surface area contributed by atoms with Crippen molar-refractivity contribution in [2.45, 2.75) is 38.1 Å². The lowest BCUT2D eigenvalue weighted by Crippen LogP contribution is -2.44. The largest absolute Gasteiger partial charge is 0.353 e. The van der Waals surface area contributed by atoms with Crippen LogP contribution in [-0.4, -0.2) is 18.5 Å². The summed E-state index contributed by atoms with van der Waals surface area (Å²) in [6.45, 7) is 0.488. The third-order valence-electron chi connectivity index (χ3n) is 4.41. The van der Waals surface area contributed by atoms with Gasteiger partial charge in [0.15, 0.2) is 0 Å². The summed E-state index contributed by atoms with van der Waals surface area (Å²) in [5.41, 5.74) is 8.28. The van der Waals surface area contributed by atoms with E-state index in [1.54, 1.807) is 0 Å². The van der Waals surface area contributed by atoms with E-state index in [2.05, 4.69) is 29.6 Å². The Balaban J connectivity index is 1.65. The number of carbonyl (C=O) groups excluding carboxylic acids is 1. The number of nitrogens with one attached hydrogen (secondary N) is 1. The topological polar surface area (TPSA) is 55.1 Å². The molecular formula is C15H20N2O. The normalized spacial score (nSPS) is 24.2. The van der Waals surface area contributed by atoms with Gasteiger partial charge in [-0.25, -0.2) is 0 Å². The molecule has 0 aliphatic heterocycles. The van der Waals surface area contributed by atoms with Gasteiger partial charge in [-0.2, -0.15) is 0 Å². The van der Waals surface area contributed by atoms with Crippen LogP contribution in [-0.2, 0) is 17.6 Å². The fourth-order valence-electron chi connectivity index (χ4n) is 2.83. The van der Waals surface area contributed by atoms with Crippen molar-refractivity contribution in [3.63, 3.8) is 0 Å². The van der Waals surface area contributed by atoms with Crippen LogP contribution >= 0.6 is 0 Å². The quantitative estimate of drug-likeness (QED) is 0.844. The number of aryl methyl sites for hydroxylation is 1. The van der Waals surface area contributed by atoms with Crippen LogP contribution in [0.3, 0.4) is 0 Å². The summed E-state index contributed by atoms with van der Waals surface area (Å²) in [5, 5.41) is 3.19. The van der Waals surface area contributed by atoms with E-state index in [0.29, 0.717) is 6.54 Å². The van der Waals surface area contributed by atoms with Gasteiger partial charge >= 0.3 is 0 Å². The van der Waals surface area contributed by atoms with Crippen LogP contribution in [0.4, 0.5) is 0 Å². The van der Waals surface area contributed by atoms with Crippen molar-refractivity contribution in [3.8, 4) is 0 Å². The smallest absolute Gasteiger partial charge is 0.227 e. The molecule has 0 spiro atoms. The molecule has 0 aromatic heterocycles. The third-order valence-corrected chi connectivity index (χ3v) is 4.41. The number of carbonyl (C=O) groups is 1. The molecule has 96 valence electrons. The highest BCUT2D eigenvalue weighted by Gasteiger charge is 2.48. The lowest BCUT2D eigenvalue weighted by molar-refractivity contribution is -0.126. The predicted octanol–water partition coefficient (Wildman–Crippen LogP) is 1.40. The summed E-state index contributed by atoms with van der Waals surface area (Å²) < 4.78 is 0. The molecule has 1 fully saturated rings. The van der Waals surface area contributed by atoms with Crippen molar-refractivity contribution in [1.29, 1.82) is 0 Å². The number of benzene rings is 1. The summed E-state index contributed by atoms with van der Waals surface area (Å²) in [5.74, 6) is 0.175. The lowest BCUT2D eigenvalue weighted by atomic mass is 9.88. The van der Waals surface area contributed by atoms with Crippen molar-refractivity contribution < 1.29 is 4.79 Å². The number of fused-ring (bicyclic) bond motifs is 1. The van der Waals surface area contributed by atoms with E-state index in [9.17, 15) is 4.79 Å². The van der Waals surface area contributed by atoms with E-state index in [4.69, 9.17) is 5.73 Å². The standard InChI is InChI=1S/C15H20N2O/c16-10-15(7-8-15)14(18)17-13-6-5-11-3-1-2-4-12(11)9-13/h1-4,13H,5-10,16H2,(H,17,18). The molecule has 2 aliphatic carbocycles. The van der Waals surface area contributed by atoms with Gasteiger partial charge in [-0.15, -0.1) is 0 Å². The van der Waals surface area contributed by atoms with Crippen molar-refractivity contribution in [2.75, 3.05) is 6.54 Å². The zero-order valence-electron chi connectivity index (χ0n) is 10.6. The Morgan fingerprint density at radius 3 is 2.72 bits per heavy atom. The average molecular weight is 244 g/mol. The number of rotatable bonds is 3. The molecule has 0 bridgehead atoms. The van der Waals surface area contributed by atoms with Crippen LogP contribution in [0.5, 0.6) is 0 Å². The molecule has 0 saturated heterocycles. The van der Waals surface area contributed by atoms with Crippen molar-refractivity contribution >= 4 is 5.91 Å². The Hall–Kier alpha value is -1.35. The van der Waals surface area contributed by atoms with Crippen LogP contribution in [0.25, 0.3) is 0 Å². The minimum Gasteiger partial charge on any atom is -0.353 e. The average Bonchev–Trinajstić information content (AvgIpc) is 3.19. The highest BCUT2D eigenvalue weighted by atomic mass is 16.2. The highest BCUT2D eigenvalue weighted by Crippen LogP contribution is 2.44. The van der Waals surface area contributed by atoms with Crippen LogP contribution < -0.4 is 11.1 Å². The maximum absolute atomic E-state index is 12.1. The highest BCUT2D eigenvalue weighted by molar-refractivity contribution is 5.85. The van der Waals surface area contributed by atoms with Gasteiger partial charge in [0.1, 0.15) is 0 Å². The molecule has 1 amide bonds. The molecule has 3 N–H and O–H groups in total. The number of nitrogens with two attached hydrogens (primary N) is 1. The van der Waals surface area contributed by atoms with Gasteiger partial charge < -0.3 is 11.1 Å². The second-order valence-electron chi connectivity index (χ2n) is 5.67. The fraction of sp³-hybridized carbons (Fsp3) is 0.533. The van der Waals surface area contributed by atoms with E-state index in [-0.39, 0.29) is 17.4 Å². The molecule has 0 heterocycles. The van der Waals surface area contributed by atoms with Gasteiger partial charge in [0.05, 0.1) is 5.41 Å². The Morgan fingerprint density at radius 2 is 2.06 bits per heavy atom. The Morgan fingerprint density at radius 1 is 1.33 bits per heavy atom. The maximum Gasteiger partial charge on any atom is 0.227 e. The SMILES string of the molecule is NCC1(C(=O)NC2CCc3ccccc3C2)CC1. The molecule has 1 unspecified atom stereocenters. The summed E-state index contributed by atoms with van der Waals surface area (Å²) in [6, 6.07) is 8.81. The van der Waals surface area contributed by atoms with E-state index < -0.39 is 0 Å². The molecule has 3 rings (SSSR count). The molecule has 3 heteroatoms. The number of hydrogen-bond acceptors (Lipinski definition) is 2. The van der Waals surface area contributed by atoms with Gasteiger partial charge in [0, 0.05) is 12.6 Å². The summed E-state index contributed by atoms with van der Waals surface area (Å²) in [4.78, 5) is 12.1. The Kier molecular flexibility index (Phi) is 2.86. The number of hydrogen-bond donors (Lipinski definition) is 2. The first-order chi connectivity index (χ1) is 8.73. The first-order valence-electron chi connectivity index (χ1n) is 6.81. The van der Waals surface area contributed by atoms with Crippen LogP contribution in [0.1, 0.15) is 30.4 Å². The molecule has 1 aromatic carbocycles. The van der Waals surface area contributed by atoms with Gasteiger partial charge in [0.2, 0.25) is 5.91 Å². The fourth-order valence-corrected chi connectivity index (χ4v) is 2.83. The Bertz CT molecular complexity index is 465. The van der Waals surface area contributed by atoms with Crippen LogP contribution in [0, 0.1) is 5.41 Å². The lowest BCUT2D eigenvalue weighted by Gasteiger charge is -2.27. The summed E-state index contributed by atoms with van der Waals surface area (Å²) in [6.07, 6.45) is 4.99. The van der Waals surface area contributed by atoms with Gasteiger partial charge in [-0.1, -0.05) is 24.3 Å². The second-order valence-corrected chi connectivity index (χ2v) is 5.67. The van der Waals surface area contributed by atoms with Gasteiger partial charge in [-0.05, 0) is 43.2 Å². The minimum atomic E-state index is -0.225. The first kappa shape index (κ1) is 11.7. The van der Waals surface area contributed by atoms with E-state index in [1.165, 1.54) is 11.1 Å². The predicted molar refractivity (Wildman–Crippen MR) is 71.1 cm³/mol. The molecule has 3 nitrogen and oxygen atoms in total. The minimum absolute atomic E-state index is 0.175. The zero-order chi connectivity index (χ0) is 12.6. The molecule has 0 radical (unpaired) electrons. The third kappa shape index (κ3) is 2.03. The van der Waals surface area contributed by atoms with E-state index >= 15 is 0 Å². The maximum atomic E-state index is 12.1. The summed E-state index contributed by atoms with van der Waals surface area (Å²) >= 11 is 0. The summed E-state index contributed by atoms with van der Waals surface area (Å²) in [7, 11) is 0. The van der Waals surface area contributed by atoms with Crippen molar-refractivity contribution in [3.05, 3.63) is 35.4 Å².